The first-order valence-electron chi connectivity index (χ1n) is 6.64. The van der Waals surface area contributed by atoms with E-state index in [4.69, 9.17) is 4.52 Å². The number of amides is 2. The molecule has 7 heteroatoms. The van der Waals surface area contributed by atoms with Gasteiger partial charge in [-0.25, -0.2) is 0 Å². The molecule has 0 unspecified atom stereocenters. The zero-order valence-corrected chi connectivity index (χ0v) is 12.0. The summed E-state index contributed by atoms with van der Waals surface area (Å²) < 4.78 is 4.94. The van der Waals surface area contributed by atoms with Gasteiger partial charge < -0.3 is 19.6 Å². The van der Waals surface area contributed by atoms with Gasteiger partial charge in [0.1, 0.15) is 5.76 Å². The Bertz CT molecular complexity index is 500. The van der Waals surface area contributed by atoms with Crippen LogP contribution in [0.1, 0.15) is 16.2 Å². The number of likely N-dealkylation sites (N-methyl/N-ethyl adjacent to an activating group) is 1. The van der Waals surface area contributed by atoms with Gasteiger partial charge in [-0.2, -0.15) is 0 Å². The number of aryl methyl sites for hydroxylation is 1. The maximum absolute atomic E-state index is 12.4. The van der Waals surface area contributed by atoms with Crippen molar-refractivity contribution in [2.75, 3.05) is 40.3 Å². The molecule has 0 bridgehead atoms. The van der Waals surface area contributed by atoms with Crippen molar-refractivity contribution in [1.82, 2.24) is 20.3 Å². The molecule has 1 aliphatic heterocycles. The molecule has 0 spiro atoms. The molecule has 1 aromatic heterocycles. The van der Waals surface area contributed by atoms with Gasteiger partial charge in [0.15, 0.2) is 5.69 Å². The Hall–Kier alpha value is -1.89. The van der Waals surface area contributed by atoms with Crippen LogP contribution in [0.5, 0.6) is 0 Å². The van der Waals surface area contributed by atoms with Gasteiger partial charge >= 0.3 is 0 Å². The first-order chi connectivity index (χ1) is 9.51. The van der Waals surface area contributed by atoms with Gasteiger partial charge in [-0.05, 0) is 14.0 Å². The molecule has 1 N–H and O–H groups in total. The summed E-state index contributed by atoms with van der Waals surface area (Å²) in [5, 5.41) is 6.40. The van der Waals surface area contributed by atoms with Gasteiger partial charge in [-0.15, -0.1) is 0 Å². The summed E-state index contributed by atoms with van der Waals surface area (Å²) in [4.78, 5) is 28.0. The molecule has 2 amide bonds. The molecule has 0 aliphatic carbocycles. The molecule has 20 heavy (non-hydrogen) atoms. The van der Waals surface area contributed by atoms with Crippen LogP contribution in [0.15, 0.2) is 10.6 Å². The van der Waals surface area contributed by atoms with Crippen LogP contribution < -0.4 is 5.32 Å². The second-order valence-corrected chi connectivity index (χ2v) is 5.15. The van der Waals surface area contributed by atoms with E-state index < -0.39 is 0 Å². The van der Waals surface area contributed by atoms with E-state index in [0.29, 0.717) is 31.1 Å². The summed E-state index contributed by atoms with van der Waals surface area (Å²) in [5.74, 6) is 0.131. The molecule has 0 radical (unpaired) electrons. The molecule has 1 aromatic rings. The summed E-state index contributed by atoms with van der Waals surface area (Å²) in [5.41, 5.74) is 0.294. The van der Waals surface area contributed by atoms with Gasteiger partial charge in [0, 0.05) is 39.3 Å². The van der Waals surface area contributed by atoms with Gasteiger partial charge in [-0.3, -0.25) is 9.59 Å². The maximum atomic E-state index is 12.4. The smallest absolute Gasteiger partial charge is 0.276 e. The predicted octanol–water partition coefficient (Wildman–Crippen LogP) is -0.267. The van der Waals surface area contributed by atoms with Crippen LogP contribution in [0.3, 0.4) is 0 Å². The first kappa shape index (κ1) is 14.5. The summed E-state index contributed by atoms with van der Waals surface area (Å²) in [6, 6.07) is 1.62. The monoisotopic (exact) mass is 280 g/mol. The zero-order chi connectivity index (χ0) is 14.7. The highest BCUT2D eigenvalue weighted by Gasteiger charge is 2.29. The summed E-state index contributed by atoms with van der Waals surface area (Å²) in [6.45, 7) is 4.09. The molecule has 1 saturated heterocycles. The molecule has 0 saturated carbocycles. The van der Waals surface area contributed by atoms with Gasteiger partial charge in [0.05, 0.1) is 5.92 Å². The van der Waals surface area contributed by atoms with Crippen molar-refractivity contribution in [3.63, 3.8) is 0 Å². The number of carbonyl (C=O) groups excluding carboxylic acids is 2. The van der Waals surface area contributed by atoms with Crippen LogP contribution in [0.4, 0.5) is 0 Å². The molecule has 110 valence electrons. The van der Waals surface area contributed by atoms with Crippen molar-refractivity contribution in [3.05, 3.63) is 17.5 Å². The highest BCUT2D eigenvalue weighted by atomic mass is 16.5. The Balaban J connectivity index is 2.13. The van der Waals surface area contributed by atoms with Crippen LogP contribution in [0.2, 0.25) is 0 Å². The molecule has 0 aromatic carbocycles. The lowest BCUT2D eigenvalue weighted by atomic mass is 10.1. The topological polar surface area (TPSA) is 78.7 Å². The minimum Gasteiger partial charge on any atom is -0.361 e. The Labute approximate surface area is 117 Å². The van der Waals surface area contributed by atoms with E-state index in [1.807, 2.05) is 7.05 Å². The number of rotatable bonds is 2. The number of hydrogen-bond donors (Lipinski definition) is 1. The largest absolute Gasteiger partial charge is 0.361 e. The molecule has 2 rings (SSSR count). The lowest BCUT2D eigenvalue weighted by Crippen LogP contribution is -2.41. The Morgan fingerprint density at radius 3 is 2.75 bits per heavy atom. The lowest BCUT2D eigenvalue weighted by Gasteiger charge is -2.22. The highest BCUT2D eigenvalue weighted by Crippen LogP contribution is 2.13. The van der Waals surface area contributed by atoms with Crippen molar-refractivity contribution in [3.8, 4) is 0 Å². The molecule has 1 fully saturated rings. The van der Waals surface area contributed by atoms with Crippen molar-refractivity contribution in [2.24, 2.45) is 5.92 Å². The Morgan fingerprint density at radius 1 is 1.40 bits per heavy atom. The number of hydrogen-bond acceptors (Lipinski definition) is 5. The minimum atomic E-state index is -0.232. The first-order valence-corrected chi connectivity index (χ1v) is 6.64. The van der Waals surface area contributed by atoms with Crippen molar-refractivity contribution >= 4 is 11.8 Å². The van der Waals surface area contributed by atoms with Crippen LogP contribution in [0.25, 0.3) is 0 Å². The van der Waals surface area contributed by atoms with E-state index in [1.54, 1.807) is 24.9 Å². The van der Waals surface area contributed by atoms with Crippen molar-refractivity contribution < 1.29 is 14.1 Å². The van der Waals surface area contributed by atoms with E-state index >= 15 is 0 Å². The van der Waals surface area contributed by atoms with E-state index in [9.17, 15) is 9.59 Å². The second kappa shape index (κ2) is 6.04. The summed E-state index contributed by atoms with van der Waals surface area (Å²) >= 11 is 0. The fraction of sp³-hybridized carbons (Fsp3) is 0.615. The minimum absolute atomic E-state index is 0.0483. The quantitative estimate of drug-likeness (QED) is 0.807. The number of aromatic nitrogens is 1. The summed E-state index contributed by atoms with van der Waals surface area (Å²) in [6.07, 6.45) is 0. The lowest BCUT2D eigenvalue weighted by molar-refractivity contribution is -0.125. The number of carbonyl (C=O) groups is 2. The van der Waals surface area contributed by atoms with Crippen LogP contribution >= 0.6 is 0 Å². The molecule has 1 atom stereocenters. The van der Waals surface area contributed by atoms with Crippen LogP contribution in [-0.4, -0.2) is 67.0 Å². The third kappa shape index (κ3) is 3.16. The highest BCUT2D eigenvalue weighted by molar-refractivity contribution is 5.92. The SMILES string of the molecule is CNC(=O)[C@@H]1CN(C)CCN(C(=O)c2cc(C)on2)C1. The normalized spacial score (nSPS) is 20.6. The van der Waals surface area contributed by atoms with Crippen molar-refractivity contribution in [1.29, 1.82) is 0 Å². The average molecular weight is 280 g/mol. The van der Waals surface area contributed by atoms with Crippen LogP contribution in [-0.2, 0) is 4.79 Å². The standard InChI is InChI=1S/C13H20N4O3/c1-9-6-11(15-20-9)13(19)17-5-4-16(3)7-10(8-17)12(18)14-2/h6,10H,4-5,7-8H2,1-3H3,(H,14,18)/t10-/m1/s1. The molecule has 1 aliphatic rings. The van der Waals surface area contributed by atoms with Gasteiger partial charge in [0.25, 0.3) is 5.91 Å². The fourth-order valence-corrected chi connectivity index (χ4v) is 2.36. The number of nitrogens with one attached hydrogen (secondary N) is 1. The fourth-order valence-electron chi connectivity index (χ4n) is 2.36. The molecular formula is C13H20N4O3. The predicted molar refractivity (Wildman–Crippen MR) is 72.2 cm³/mol. The third-order valence-corrected chi connectivity index (χ3v) is 3.48. The third-order valence-electron chi connectivity index (χ3n) is 3.48. The Kier molecular flexibility index (Phi) is 4.39. The Morgan fingerprint density at radius 2 is 2.15 bits per heavy atom. The zero-order valence-electron chi connectivity index (χ0n) is 12.0. The van der Waals surface area contributed by atoms with Gasteiger partial charge in [0.2, 0.25) is 5.91 Å². The second-order valence-electron chi connectivity index (χ2n) is 5.15. The van der Waals surface area contributed by atoms with Crippen LogP contribution in [0, 0.1) is 12.8 Å². The van der Waals surface area contributed by atoms with E-state index in [-0.39, 0.29) is 17.7 Å². The number of nitrogens with zero attached hydrogens (tertiary/aromatic N) is 3. The van der Waals surface area contributed by atoms with E-state index in [2.05, 4.69) is 15.4 Å². The average Bonchev–Trinajstić information content (AvgIpc) is 2.76. The summed E-state index contributed by atoms with van der Waals surface area (Å²) in [7, 11) is 3.56. The maximum Gasteiger partial charge on any atom is 0.276 e. The van der Waals surface area contributed by atoms with E-state index in [0.717, 1.165) is 6.54 Å². The molecular weight excluding hydrogens is 260 g/mol. The van der Waals surface area contributed by atoms with Gasteiger partial charge in [-0.1, -0.05) is 5.16 Å². The van der Waals surface area contributed by atoms with Crippen molar-refractivity contribution in [2.45, 2.75) is 6.92 Å². The molecule has 2 heterocycles. The van der Waals surface area contributed by atoms with E-state index in [1.165, 1.54) is 0 Å². The molecule has 7 nitrogen and oxygen atoms in total.